The number of rotatable bonds is 5. The van der Waals surface area contributed by atoms with Gasteiger partial charge < -0.3 is 4.74 Å². The molecule has 0 radical (unpaired) electrons. The Morgan fingerprint density at radius 2 is 1.50 bits per heavy atom. The van der Waals surface area contributed by atoms with E-state index in [2.05, 4.69) is 62.0 Å². The van der Waals surface area contributed by atoms with Crippen LogP contribution >= 0.6 is 0 Å². The third-order valence-electron chi connectivity index (χ3n) is 3.33. The number of ether oxygens (including phenoxy) is 1. The van der Waals surface area contributed by atoms with Crippen LogP contribution in [0.15, 0.2) is 54.9 Å². The maximum atomic E-state index is 5.77. The molecule has 0 aliphatic carbocycles. The minimum Gasteiger partial charge on any atom is -0.370 e. The molecule has 0 fully saturated rings. The Morgan fingerprint density at radius 1 is 0.875 bits per heavy atom. The SMILES string of the molecule is CC.CC.CC(C)(C)c1cccc(COCC[n+]2ccccc2)c1. The van der Waals surface area contributed by atoms with Gasteiger partial charge in [0.15, 0.2) is 18.9 Å². The van der Waals surface area contributed by atoms with Crippen molar-refractivity contribution in [3.05, 3.63) is 66.0 Å². The van der Waals surface area contributed by atoms with Crippen molar-refractivity contribution in [3.63, 3.8) is 0 Å². The van der Waals surface area contributed by atoms with Gasteiger partial charge >= 0.3 is 0 Å². The molecule has 0 aliphatic rings. The Hall–Kier alpha value is -1.67. The molecule has 1 heterocycles. The van der Waals surface area contributed by atoms with Crippen LogP contribution < -0.4 is 4.57 Å². The lowest BCUT2D eigenvalue weighted by molar-refractivity contribution is -0.698. The maximum absolute atomic E-state index is 5.77. The predicted octanol–water partition coefficient (Wildman–Crippen LogP) is 5.54. The summed E-state index contributed by atoms with van der Waals surface area (Å²) in [4.78, 5) is 0. The fraction of sp³-hybridized carbons (Fsp3) is 0.500. The maximum Gasteiger partial charge on any atom is 0.171 e. The highest BCUT2D eigenvalue weighted by Crippen LogP contribution is 2.22. The van der Waals surface area contributed by atoms with E-state index in [1.54, 1.807) is 0 Å². The van der Waals surface area contributed by atoms with Crippen molar-refractivity contribution in [2.24, 2.45) is 0 Å². The summed E-state index contributed by atoms with van der Waals surface area (Å²) < 4.78 is 7.90. The minimum atomic E-state index is 0.190. The van der Waals surface area contributed by atoms with Gasteiger partial charge in [-0.25, -0.2) is 4.57 Å². The van der Waals surface area contributed by atoms with Gasteiger partial charge in [0, 0.05) is 12.1 Å². The van der Waals surface area contributed by atoms with Crippen molar-refractivity contribution in [2.45, 2.75) is 67.0 Å². The van der Waals surface area contributed by atoms with E-state index in [4.69, 9.17) is 4.74 Å². The van der Waals surface area contributed by atoms with E-state index in [1.807, 2.05) is 45.9 Å². The molecule has 0 aliphatic heterocycles. The molecule has 0 amide bonds. The number of hydrogen-bond donors (Lipinski definition) is 0. The van der Waals surface area contributed by atoms with Gasteiger partial charge in [-0.3, -0.25) is 0 Å². The van der Waals surface area contributed by atoms with Crippen LogP contribution in [0.1, 0.15) is 59.6 Å². The molecule has 0 saturated carbocycles. The molecular weight excluding hydrogens is 294 g/mol. The highest BCUT2D eigenvalue weighted by atomic mass is 16.5. The summed E-state index contributed by atoms with van der Waals surface area (Å²) in [5.74, 6) is 0. The summed E-state index contributed by atoms with van der Waals surface area (Å²) >= 11 is 0. The van der Waals surface area contributed by atoms with Crippen LogP contribution in [0.4, 0.5) is 0 Å². The molecule has 2 rings (SSSR count). The van der Waals surface area contributed by atoms with Crippen LogP contribution in [0.2, 0.25) is 0 Å². The first-order valence-corrected chi connectivity index (χ1v) is 9.17. The zero-order valence-electron chi connectivity index (χ0n) is 16.7. The van der Waals surface area contributed by atoms with Gasteiger partial charge in [-0.1, -0.05) is 78.8 Å². The lowest BCUT2D eigenvalue weighted by Gasteiger charge is -2.19. The normalized spacial score (nSPS) is 10.1. The molecule has 1 aromatic carbocycles. The Bertz CT molecular complexity index is 529. The Balaban J connectivity index is 0.00000123. The summed E-state index contributed by atoms with van der Waals surface area (Å²) in [5, 5.41) is 0. The topological polar surface area (TPSA) is 13.1 Å². The highest BCUT2D eigenvalue weighted by molar-refractivity contribution is 5.28. The second-order valence-corrected chi connectivity index (χ2v) is 6.12. The minimum absolute atomic E-state index is 0.190. The largest absolute Gasteiger partial charge is 0.370 e. The van der Waals surface area contributed by atoms with Gasteiger partial charge in [0.1, 0.15) is 6.61 Å². The molecule has 0 N–H and O–H groups in total. The summed E-state index contributed by atoms with van der Waals surface area (Å²) in [6, 6.07) is 14.8. The van der Waals surface area contributed by atoms with E-state index in [1.165, 1.54) is 11.1 Å². The van der Waals surface area contributed by atoms with Gasteiger partial charge in [0.05, 0.1) is 6.61 Å². The van der Waals surface area contributed by atoms with E-state index >= 15 is 0 Å². The molecule has 2 heteroatoms. The second kappa shape index (κ2) is 12.7. The average Bonchev–Trinajstić information content (AvgIpc) is 2.63. The first kappa shape index (κ1) is 22.3. The Labute approximate surface area is 149 Å². The van der Waals surface area contributed by atoms with E-state index in [-0.39, 0.29) is 5.41 Å². The number of benzene rings is 1. The molecule has 0 spiro atoms. The van der Waals surface area contributed by atoms with E-state index in [0.29, 0.717) is 6.61 Å². The zero-order chi connectivity index (χ0) is 18.4. The monoisotopic (exact) mass is 330 g/mol. The lowest BCUT2D eigenvalue weighted by Crippen LogP contribution is -2.34. The summed E-state index contributed by atoms with van der Waals surface area (Å²) in [5.41, 5.74) is 2.79. The van der Waals surface area contributed by atoms with Crippen LogP contribution in [0.5, 0.6) is 0 Å². The van der Waals surface area contributed by atoms with E-state index in [0.717, 1.165) is 13.2 Å². The average molecular weight is 331 g/mol. The predicted molar refractivity (Wildman–Crippen MR) is 104 cm³/mol. The quantitative estimate of drug-likeness (QED) is 0.518. The van der Waals surface area contributed by atoms with Crippen molar-refractivity contribution in [1.82, 2.24) is 0 Å². The van der Waals surface area contributed by atoms with E-state index in [9.17, 15) is 0 Å². The van der Waals surface area contributed by atoms with Crippen LogP contribution in [-0.4, -0.2) is 6.61 Å². The standard InChI is InChI=1S/C18H24NO.2C2H6/c1-18(2,3)17-9-7-8-16(14-17)15-20-13-12-19-10-5-4-6-11-19;2*1-2/h4-11,14H,12-13,15H2,1-3H3;2*1-2H3/q+1;;. The first-order chi connectivity index (χ1) is 11.6. The second-order valence-electron chi connectivity index (χ2n) is 6.12. The Kier molecular flexibility index (Phi) is 11.8. The number of aromatic nitrogens is 1. The molecule has 0 bridgehead atoms. The smallest absolute Gasteiger partial charge is 0.171 e. The van der Waals surface area contributed by atoms with Gasteiger partial charge in [0.2, 0.25) is 0 Å². The molecule has 24 heavy (non-hydrogen) atoms. The lowest BCUT2D eigenvalue weighted by atomic mass is 9.86. The van der Waals surface area contributed by atoms with Crippen molar-refractivity contribution in [1.29, 1.82) is 0 Å². The molecule has 134 valence electrons. The first-order valence-electron chi connectivity index (χ1n) is 9.17. The highest BCUT2D eigenvalue weighted by Gasteiger charge is 2.13. The molecule has 2 aromatic rings. The van der Waals surface area contributed by atoms with Gasteiger partial charge in [0.25, 0.3) is 0 Å². The van der Waals surface area contributed by atoms with Crippen molar-refractivity contribution in [2.75, 3.05) is 6.61 Å². The van der Waals surface area contributed by atoms with Crippen molar-refractivity contribution in [3.8, 4) is 0 Å². The van der Waals surface area contributed by atoms with Gasteiger partial charge in [-0.15, -0.1) is 0 Å². The zero-order valence-corrected chi connectivity index (χ0v) is 16.7. The Morgan fingerprint density at radius 3 is 2.08 bits per heavy atom. The van der Waals surface area contributed by atoms with Crippen LogP contribution in [0, 0.1) is 0 Å². The van der Waals surface area contributed by atoms with E-state index < -0.39 is 0 Å². The van der Waals surface area contributed by atoms with Crippen LogP contribution in [-0.2, 0) is 23.3 Å². The number of pyridine rings is 1. The summed E-state index contributed by atoms with van der Waals surface area (Å²) in [7, 11) is 0. The third kappa shape index (κ3) is 8.83. The molecule has 2 nitrogen and oxygen atoms in total. The third-order valence-corrected chi connectivity index (χ3v) is 3.33. The fourth-order valence-corrected chi connectivity index (χ4v) is 2.07. The number of hydrogen-bond acceptors (Lipinski definition) is 1. The molecule has 0 saturated heterocycles. The molecule has 0 atom stereocenters. The van der Waals surface area contributed by atoms with Crippen molar-refractivity contribution < 1.29 is 9.30 Å². The van der Waals surface area contributed by atoms with Gasteiger partial charge in [-0.2, -0.15) is 0 Å². The summed E-state index contributed by atoms with van der Waals surface area (Å²) in [6.45, 7) is 17.0. The van der Waals surface area contributed by atoms with Crippen molar-refractivity contribution >= 4 is 0 Å². The molecule has 1 aromatic heterocycles. The van der Waals surface area contributed by atoms with Gasteiger partial charge in [-0.05, 0) is 16.5 Å². The molecule has 0 unspecified atom stereocenters. The van der Waals surface area contributed by atoms with Crippen LogP contribution in [0.3, 0.4) is 0 Å². The molecular formula is C22H36NO+. The number of nitrogens with zero attached hydrogens (tertiary/aromatic N) is 1. The summed E-state index contributed by atoms with van der Waals surface area (Å²) in [6.07, 6.45) is 4.12. The van der Waals surface area contributed by atoms with Crippen LogP contribution in [0.25, 0.3) is 0 Å². The fourth-order valence-electron chi connectivity index (χ4n) is 2.07.